The molecule has 2 N–H and O–H groups in total. The van der Waals surface area contributed by atoms with Gasteiger partial charge in [-0.1, -0.05) is 12.1 Å². The summed E-state index contributed by atoms with van der Waals surface area (Å²) in [6, 6.07) is 11.4. The van der Waals surface area contributed by atoms with E-state index in [1.807, 2.05) is 36.4 Å². The summed E-state index contributed by atoms with van der Waals surface area (Å²) in [5.41, 5.74) is 1.89. The van der Waals surface area contributed by atoms with E-state index in [0.29, 0.717) is 32.1 Å². The Morgan fingerprint density at radius 1 is 0.880 bits per heavy atom. The predicted octanol–water partition coefficient (Wildman–Crippen LogP) is 2.40. The van der Waals surface area contributed by atoms with Gasteiger partial charge in [0, 0.05) is 19.5 Å². The van der Waals surface area contributed by atoms with Gasteiger partial charge in [0.05, 0.1) is 19.3 Å². The number of aliphatic hydroxyl groups is 1. The SMILES string of the molecule is OC(CNCc1ccc2c(c1)OCO2)c1ccc2c(c1)OCCCO2. The summed E-state index contributed by atoms with van der Waals surface area (Å²) in [6.45, 7) is 2.64. The van der Waals surface area contributed by atoms with Crippen LogP contribution in [0.25, 0.3) is 0 Å². The van der Waals surface area contributed by atoms with Crippen molar-refractivity contribution in [2.24, 2.45) is 0 Å². The van der Waals surface area contributed by atoms with Gasteiger partial charge in [0.2, 0.25) is 6.79 Å². The van der Waals surface area contributed by atoms with Crippen LogP contribution in [0.15, 0.2) is 36.4 Å². The predicted molar refractivity (Wildman–Crippen MR) is 91.3 cm³/mol. The molecule has 0 aliphatic carbocycles. The molecule has 0 aromatic heterocycles. The molecular formula is C19H21NO5. The molecule has 2 aromatic rings. The molecule has 0 amide bonds. The number of benzene rings is 2. The molecule has 4 rings (SSSR count). The Bertz CT molecular complexity index is 749. The van der Waals surface area contributed by atoms with Crippen molar-refractivity contribution < 1.29 is 24.1 Å². The molecule has 0 spiro atoms. The van der Waals surface area contributed by atoms with Crippen molar-refractivity contribution >= 4 is 0 Å². The van der Waals surface area contributed by atoms with Gasteiger partial charge in [-0.3, -0.25) is 0 Å². The van der Waals surface area contributed by atoms with Crippen LogP contribution >= 0.6 is 0 Å². The van der Waals surface area contributed by atoms with Crippen molar-refractivity contribution in [1.29, 1.82) is 0 Å². The molecule has 0 radical (unpaired) electrons. The fourth-order valence-electron chi connectivity index (χ4n) is 2.91. The number of aliphatic hydroxyl groups excluding tert-OH is 1. The molecule has 0 saturated heterocycles. The molecule has 0 saturated carbocycles. The molecule has 1 unspecified atom stereocenters. The summed E-state index contributed by atoms with van der Waals surface area (Å²) in [4.78, 5) is 0. The highest BCUT2D eigenvalue weighted by Gasteiger charge is 2.15. The molecule has 2 aromatic carbocycles. The molecule has 6 nitrogen and oxygen atoms in total. The Morgan fingerprint density at radius 3 is 2.52 bits per heavy atom. The lowest BCUT2D eigenvalue weighted by atomic mass is 10.1. The van der Waals surface area contributed by atoms with Crippen molar-refractivity contribution in [3.63, 3.8) is 0 Å². The standard InChI is InChI=1S/C19H21NO5/c21-15(14-3-5-16-19(9-14)23-7-1-6-22-16)11-20-10-13-2-4-17-18(8-13)25-12-24-17/h2-5,8-9,15,20-21H,1,6-7,10-12H2. The third-order valence-electron chi connectivity index (χ3n) is 4.26. The van der Waals surface area contributed by atoms with E-state index in [-0.39, 0.29) is 6.79 Å². The minimum atomic E-state index is -0.619. The molecule has 0 fully saturated rings. The van der Waals surface area contributed by atoms with Gasteiger partial charge in [-0.2, -0.15) is 0 Å². The van der Waals surface area contributed by atoms with Crippen molar-refractivity contribution in [2.75, 3.05) is 26.6 Å². The van der Waals surface area contributed by atoms with Gasteiger partial charge in [0.1, 0.15) is 0 Å². The second-order valence-corrected chi connectivity index (χ2v) is 6.09. The highest BCUT2D eigenvalue weighted by atomic mass is 16.7. The van der Waals surface area contributed by atoms with Crippen molar-refractivity contribution in [3.8, 4) is 23.0 Å². The van der Waals surface area contributed by atoms with Gasteiger partial charge < -0.3 is 29.4 Å². The average Bonchev–Trinajstić information content (AvgIpc) is 2.97. The van der Waals surface area contributed by atoms with Gasteiger partial charge in [-0.15, -0.1) is 0 Å². The third-order valence-corrected chi connectivity index (χ3v) is 4.26. The van der Waals surface area contributed by atoms with Crippen LogP contribution in [0.2, 0.25) is 0 Å². The topological polar surface area (TPSA) is 69.2 Å². The second kappa shape index (κ2) is 7.21. The number of fused-ring (bicyclic) bond motifs is 2. The molecule has 2 aliphatic rings. The summed E-state index contributed by atoms with van der Waals surface area (Å²) in [7, 11) is 0. The minimum Gasteiger partial charge on any atom is -0.490 e. The summed E-state index contributed by atoms with van der Waals surface area (Å²) < 4.78 is 22.0. The molecule has 6 heteroatoms. The van der Waals surface area contributed by atoms with E-state index < -0.39 is 6.10 Å². The minimum absolute atomic E-state index is 0.273. The van der Waals surface area contributed by atoms with E-state index in [2.05, 4.69) is 5.32 Å². The molecule has 2 heterocycles. The number of hydrogen-bond donors (Lipinski definition) is 2. The quantitative estimate of drug-likeness (QED) is 0.869. The smallest absolute Gasteiger partial charge is 0.231 e. The van der Waals surface area contributed by atoms with Gasteiger partial charge in [-0.25, -0.2) is 0 Å². The van der Waals surface area contributed by atoms with Crippen LogP contribution in [0.1, 0.15) is 23.7 Å². The molecule has 2 aliphatic heterocycles. The fourth-order valence-corrected chi connectivity index (χ4v) is 2.91. The summed E-state index contributed by atoms with van der Waals surface area (Å²) in [5, 5.41) is 13.7. The Labute approximate surface area is 146 Å². The van der Waals surface area contributed by atoms with Crippen LogP contribution < -0.4 is 24.3 Å². The number of hydrogen-bond acceptors (Lipinski definition) is 6. The maximum atomic E-state index is 10.4. The first kappa shape index (κ1) is 16.1. The first-order valence-electron chi connectivity index (χ1n) is 8.46. The lowest BCUT2D eigenvalue weighted by Crippen LogP contribution is -2.21. The Kier molecular flexibility index (Phi) is 4.63. The van der Waals surface area contributed by atoms with Crippen LogP contribution in [-0.2, 0) is 6.54 Å². The van der Waals surface area contributed by atoms with E-state index in [9.17, 15) is 5.11 Å². The molecule has 132 valence electrons. The van der Waals surface area contributed by atoms with E-state index in [0.717, 1.165) is 34.8 Å². The van der Waals surface area contributed by atoms with Gasteiger partial charge in [0.25, 0.3) is 0 Å². The number of ether oxygens (including phenoxy) is 4. The zero-order valence-electron chi connectivity index (χ0n) is 13.9. The van der Waals surface area contributed by atoms with Gasteiger partial charge in [0.15, 0.2) is 23.0 Å². The van der Waals surface area contributed by atoms with Gasteiger partial charge in [-0.05, 0) is 35.4 Å². The lowest BCUT2D eigenvalue weighted by Gasteiger charge is -2.15. The molecule has 0 bridgehead atoms. The fraction of sp³-hybridized carbons (Fsp3) is 0.368. The largest absolute Gasteiger partial charge is 0.490 e. The highest BCUT2D eigenvalue weighted by molar-refractivity contribution is 5.45. The van der Waals surface area contributed by atoms with Crippen LogP contribution in [0.3, 0.4) is 0 Å². The van der Waals surface area contributed by atoms with E-state index in [1.165, 1.54) is 0 Å². The number of rotatable bonds is 5. The Hall–Kier alpha value is -2.44. The van der Waals surface area contributed by atoms with Crippen LogP contribution in [0.4, 0.5) is 0 Å². The maximum absolute atomic E-state index is 10.4. The van der Waals surface area contributed by atoms with E-state index in [1.54, 1.807) is 0 Å². The number of nitrogens with one attached hydrogen (secondary N) is 1. The summed E-state index contributed by atoms with van der Waals surface area (Å²) >= 11 is 0. The van der Waals surface area contributed by atoms with Crippen molar-refractivity contribution in [3.05, 3.63) is 47.5 Å². The van der Waals surface area contributed by atoms with Crippen LogP contribution in [-0.4, -0.2) is 31.7 Å². The van der Waals surface area contributed by atoms with E-state index >= 15 is 0 Å². The summed E-state index contributed by atoms with van der Waals surface area (Å²) in [6.07, 6.45) is 0.245. The molecule has 1 atom stereocenters. The van der Waals surface area contributed by atoms with Crippen molar-refractivity contribution in [2.45, 2.75) is 19.1 Å². The monoisotopic (exact) mass is 343 g/mol. The Balaban J connectivity index is 1.34. The summed E-state index contributed by atoms with van der Waals surface area (Å²) in [5.74, 6) is 2.98. The first-order valence-corrected chi connectivity index (χ1v) is 8.46. The zero-order chi connectivity index (χ0) is 17.1. The second-order valence-electron chi connectivity index (χ2n) is 6.09. The average molecular weight is 343 g/mol. The molecule has 25 heavy (non-hydrogen) atoms. The van der Waals surface area contributed by atoms with Crippen LogP contribution in [0.5, 0.6) is 23.0 Å². The third kappa shape index (κ3) is 3.65. The van der Waals surface area contributed by atoms with Crippen molar-refractivity contribution in [1.82, 2.24) is 5.32 Å². The molecular weight excluding hydrogens is 322 g/mol. The van der Waals surface area contributed by atoms with Gasteiger partial charge >= 0.3 is 0 Å². The zero-order valence-corrected chi connectivity index (χ0v) is 13.9. The first-order chi connectivity index (χ1) is 12.3. The maximum Gasteiger partial charge on any atom is 0.231 e. The highest BCUT2D eigenvalue weighted by Crippen LogP contribution is 2.33. The van der Waals surface area contributed by atoms with E-state index in [4.69, 9.17) is 18.9 Å². The Morgan fingerprint density at radius 2 is 1.60 bits per heavy atom. The lowest BCUT2D eigenvalue weighted by molar-refractivity contribution is 0.173. The normalized spacial score (nSPS) is 16.4. The van der Waals surface area contributed by atoms with Crippen LogP contribution in [0, 0.1) is 0 Å².